The van der Waals surface area contributed by atoms with Crippen LogP contribution in [0.4, 0.5) is 0 Å². The molecule has 0 unspecified atom stereocenters. The molecule has 0 bridgehead atoms. The Labute approximate surface area is 544 Å². The van der Waals surface area contributed by atoms with Crippen molar-refractivity contribution in [2.45, 2.75) is 158 Å². The molecule has 8 rings (SSSR count). The van der Waals surface area contributed by atoms with E-state index in [1.165, 1.54) is 0 Å². The van der Waals surface area contributed by atoms with E-state index in [4.69, 9.17) is 55.0 Å². The molecule has 4 fully saturated rings. The number of ether oxygens (including phenoxy) is 4. The van der Waals surface area contributed by atoms with E-state index >= 15 is 19.2 Å². The predicted octanol–water partition coefficient (Wildman–Crippen LogP) is 6.75. The zero-order chi connectivity index (χ0) is 68.1. The van der Waals surface area contributed by atoms with E-state index in [-0.39, 0.29) is 70.3 Å². The van der Waals surface area contributed by atoms with Gasteiger partial charge in [-0.3, -0.25) is 28.8 Å². The van der Waals surface area contributed by atoms with Crippen molar-refractivity contribution in [2.24, 2.45) is 50.0 Å². The summed E-state index contributed by atoms with van der Waals surface area (Å²) in [4.78, 5) is 130. The Morgan fingerprint density at radius 3 is 0.828 bits per heavy atom. The van der Waals surface area contributed by atoms with Crippen LogP contribution in [0.15, 0.2) is 89.9 Å². The van der Waals surface area contributed by atoms with Crippen molar-refractivity contribution >= 4 is 47.5 Å². The fourth-order valence-electron chi connectivity index (χ4n) is 14.8. The number of carbonyl (C=O) groups excluding carboxylic acids is 8. The van der Waals surface area contributed by atoms with Gasteiger partial charge in [0.2, 0.25) is 11.8 Å². The molecule has 496 valence electrons. The van der Waals surface area contributed by atoms with Crippen LogP contribution in [0.2, 0.25) is 0 Å². The number of amides is 4. The van der Waals surface area contributed by atoms with Gasteiger partial charge in [-0.15, -0.1) is 0 Å². The molecule has 0 aromatic rings. The third kappa shape index (κ3) is 15.5. The molecular formula is C69H88N12O12. The molecule has 0 saturated carbocycles. The second-order valence-corrected chi connectivity index (χ2v) is 29.2. The number of hydrogen-bond acceptors (Lipinski definition) is 18. The number of esters is 4. The highest BCUT2D eigenvalue weighted by Crippen LogP contribution is 2.50. The van der Waals surface area contributed by atoms with Crippen molar-refractivity contribution < 1.29 is 57.3 Å². The topological polar surface area (TPSA) is 347 Å². The SMILES string of the molecule is [C-]#[N+]/C(C(=O)OCC(COC(=O)/C(C#N)=C1\CC(C)(C)CC(N2CCCC2)=C1C(N)=O)(COC(=O)/C(C#N)=C1\CC(C)(C)CC(N2CCCC2)=C1C(N)=O)COC(=O)/C([N+]#[C-])=C1/CC(C)(C)CC(N2CCCC2)=C1C(N)=O)=C1/CC(C)(C)CC(N2CCCC2)=C1C(N)=O. The van der Waals surface area contributed by atoms with Gasteiger partial charge in [0.1, 0.15) is 55.1 Å². The van der Waals surface area contributed by atoms with Gasteiger partial charge < -0.3 is 61.5 Å². The smallest absolute Gasteiger partial charge is 0.349 e. The number of hydrogen-bond donors (Lipinski definition) is 4. The summed E-state index contributed by atoms with van der Waals surface area (Å²) >= 11 is 0. The molecule has 0 spiro atoms. The van der Waals surface area contributed by atoms with Crippen molar-refractivity contribution in [2.75, 3.05) is 78.8 Å². The molecule has 0 radical (unpaired) electrons. The molecule has 4 saturated heterocycles. The van der Waals surface area contributed by atoms with Crippen LogP contribution in [0.3, 0.4) is 0 Å². The molecule has 4 aliphatic carbocycles. The number of likely N-dealkylation sites (tertiary alicyclic amines) is 4. The van der Waals surface area contributed by atoms with E-state index in [1.807, 2.05) is 87.1 Å². The maximum Gasteiger partial charge on any atom is 0.349 e. The number of nitriles is 2. The average Bonchev–Trinajstić information content (AvgIpc) is 1.61. The van der Waals surface area contributed by atoms with Crippen LogP contribution in [0.5, 0.6) is 0 Å². The largest absolute Gasteiger partial charge is 0.470 e. The van der Waals surface area contributed by atoms with Crippen molar-refractivity contribution in [3.05, 3.63) is 113 Å². The van der Waals surface area contributed by atoms with Crippen LogP contribution >= 0.6 is 0 Å². The van der Waals surface area contributed by atoms with Gasteiger partial charge in [-0.25, -0.2) is 19.3 Å². The van der Waals surface area contributed by atoms with Crippen molar-refractivity contribution in [1.29, 1.82) is 10.5 Å². The van der Waals surface area contributed by atoms with Crippen molar-refractivity contribution in [1.82, 2.24) is 19.6 Å². The van der Waals surface area contributed by atoms with Crippen LogP contribution < -0.4 is 22.9 Å². The Balaban J connectivity index is 1.30. The minimum atomic E-state index is -2.34. The lowest BCUT2D eigenvalue weighted by atomic mass is 9.72. The number of carbonyl (C=O) groups is 8. The standard InChI is InChI=1S/C69H88N12O12/c1-65(2)27-41(51(57(72)82)47(31-65)78-19-11-12-20-78)45(35-70)61(86)90-37-69(38-91-62(87)46(36-71)42-28-66(3,4)32-48(52(42)58(73)83)79-21-13-14-22-79,39-92-63(88)55(76-9)43-29-67(5,6)33-49(53(43)59(74)84)80-23-15-16-24-80)40-93-64(89)56(77-10)44-30-68(7,8)34-50(54(44)60(75)85)81-25-17-18-26-81/h11-34,37-40H2,1-8H3,(H2,72,82)(H2,73,83)(H2,74,84)(H2,75,85)/b45-41+,46-42+,55-43-,56-44+. The molecule has 24 nitrogen and oxygen atoms in total. The first-order chi connectivity index (χ1) is 43.8. The van der Waals surface area contributed by atoms with E-state index in [0.29, 0.717) is 101 Å². The van der Waals surface area contributed by atoms with Gasteiger partial charge in [0.15, 0.2) is 0 Å². The predicted molar refractivity (Wildman–Crippen MR) is 339 cm³/mol. The maximum absolute atomic E-state index is 15.0. The van der Waals surface area contributed by atoms with Gasteiger partial charge in [0, 0.05) is 75.1 Å². The summed E-state index contributed by atoms with van der Waals surface area (Å²) in [5.74, 6) is -8.87. The Morgan fingerprint density at radius 2 is 0.613 bits per heavy atom. The fourth-order valence-corrected chi connectivity index (χ4v) is 14.8. The highest BCUT2D eigenvalue weighted by atomic mass is 16.6. The van der Waals surface area contributed by atoms with E-state index < -0.39 is 124 Å². The first kappa shape index (κ1) is 69.7. The van der Waals surface area contributed by atoms with Gasteiger partial charge in [-0.1, -0.05) is 55.4 Å². The number of nitrogens with zero attached hydrogens (tertiary/aromatic N) is 8. The quantitative estimate of drug-likeness (QED) is 0.0322. The zero-order valence-corrected chi connectivity index (χ0v) is 55.1. The third-order valence-corrected chi connectivity index (χ3v) is 19.0. The molecular weight excluding hydrogens is 1190 g/mol. The Kier molecular flexibility index (Phi) is 21.0. The minimum absolute atomic E-state index is 0.000940. The van der Waals surface area contributed by atoms with E-state index in [9.17, 15) is 29.7 Å². The Morgan fingerprint density at radius 1 is 0.398 bits per heavy atom. The zero-order valence-electron chi connectivity index (χ0n) is 55.1. The number of nitrogens with two attached hydrogens (primary N) is 4. The summed E-state index contributed by atoms with van der Waals surface area (Å²) < 4.78 is 24.4. The van der Waals surface area contributed by atoms with Crippen LogP contribution in [0, 0.1) is 62.9 Å². The van der Waals surface area contributed by atoms with E-state index in [2.05, 4.69) is 9.69 Å². The highest BCUT2D eigenvalue weighted by Gasteiger charge is 2.46. The molecule has 93 heavy (non-hydrogen) atoms. The lowest BCUT2D eigenvalue weighted by molar-refractivity contribution is -0.165. The Hall–Kier alpha value is -9.16. The summed E-state index contributed by atoms with van der Waals surface area (Å²) in [6, 6.07) is 3.86. The molecule has 8 aliphatic rings. The molecule has 8 N–H and O–H groups in total. The number of rotatable bonds is 20. The second-order valence-electron chi connectivity index (χ2n) is 29.2. The van der Waals surface area contributed by atoms with Crippen molar-refractivity contribution in [3.63, 3.8) is 0 Å². The van der Waals surface area contributed by atoms with Gasteiger partial charge in [0.05, 0.1) is 35.4 Å². The molecule has 4 heterocycles. The second kappa shape index (κ2) is 28.0. The molecule has 4 amide bonds. The molecule has 24 heteroatoms. The summed E-state index contributed by atoms with van der Waals surface area (Å²) in [7, 11) is 0. The summed E-state index contributed by atoms with van der Waals surface area (Å²) in [6.07, 6.45) is 8.20. The summed E-state index contributed by atoms with van der Waals surface area (Å²) in [5.41, 5.74) is 19.3. The van der Waals surface area contributed by atoms with Crippen LogP contribution in [0.1, 0.15) is 158 Å². The summed E-state index contributed by atoms with van der Waals surface area (Å²) in [6.45, 7) is 32.7. The van der Waals surface area contributed by atoms with Crippen LogP contribution in [-0.4, -0.2) is 146 Å². The van der Waals surface area contributed by atoms with E-state index in [1.54, 1.807) is 0 Å². The van der Waals surface area contributed by atoms with Crippen LogP contribution in [0.25, 0.3) is 9.69 Å². The lowest BCUT2D eigenvalue weighted by Gasteiger charge is -2.39. The number of primary amides is 4. The normalized spacial score (nSPS) is 23.3. The maximum atomic E-state index is 15.0. The fraction of sp³-hybridized carbons (Fsp3) is 0.594. The van der Waals surface area contributed by atoms with Gasteiger partial charge in [-0.05, 0) is 147 Å². The average molecular weight is 1280 g/mol. The van der Waals surface area contributed by atoms with E-state index in [0.717, 1.165) is 51.4 Å². The van der Waals surface area contributed by atoms with Crippen molar-refractivity contribution in [3.8, 4) is 12.1 Å². The molecule has 0 atom stereocenters. The van der Waals surface area contributed by atoms with Gasteiger partial charge in [0.25, 0.3) is 23.2 Å². The number of allylic oxidation sites excluding steroid dienone is 4. The molecule has 0 aromatic carbocycles. The third-order valence-electron chi connectivity index (χ3n) is 19.0. The van der Waals surface area contributed by atoms with Gasteiger partial charge in [-0.2, -0.15) is 10.5 Å². The highest BCUT2D eigenvalue weighted by molar-refractivity contribution is 6.06. The van der Waals surface area contributed by atoms with Gasteiger partial charge >= 0.3 is 23.9 Å². The first-order valence-electron chi connectivity index (χ1n) is 32.1. The first-order valence-corrected chi connectivity index (χ1v) is 32.1. The molecule has 0 aromatic heterocycles. The molecule has 4 aliphatic heterocycles. The summed E-state index contributed by atoms with van der Waals surface area (Å²) in [5, 5.41) is 22.0. The minimum Gasteiger partial charge on any atom is -0.470 e. The lowest BCUT2D eigenvalue weighted by Crippen LogP contribution is -2.44. The monoisotopic (exact) mass is 1280 g/mol. The van der Waals surface area contributed by atoms with Crippen LogP contribution in [-0.2, 0) is 57.3 Å². The Bertz CT molecular complexity index is 3140.